The average Bonchev–Trinajstić information content (AvgIpc) is 2.65. The summed E-state index contributed by atoms with van der Waals surface area (Å²) in [5.74, 6) is 0.845. The highest BCUT2D eigenvalue weighted by Crippen LogP contribution is 2.29. The van der Waals surface area contributed by atoms with Crippen molar-refractivity contribution in [2.75, 3.05) is 0 Å². The lowest BCUT2D eigenvalue weighted by Crippen LogP contribution is -2.28. The second-order valence-electron chi connectivity index (χ2n) is 4.72. The van der Waals surface area contributed by atoms with Crippen molar-refractivity contribution in [2.24, 2.45) is 11.7 Å². The van der Waals surface area contributed by atoms with E-state index in [0.29, 0.717) is 6.04 Å². The molecule has 2 N–H and O–H groups in total. The van der Waals surface area contributed by atoms with E-state index in [9.17, 15) is 0 Å². The molecule has 0 radical (unpaired) electrons. The van der Waals surface area contributed by atoms with E-state index >= 15 is 0 Å². The molecule has 0 bridgehead atoms. The molecular weight excluding hydrogens is 202 g/mol. The summed E-state index contributed by atoms with van der Waals surface area (Å²) in [5, 5.41) is 0. The Morgan fingerprint density at radius 2 is 2.13 bits per heavy atom. The normalized spacial score (nSPS) is 26.8. The van der Waals surface area contributed by atoms with E-state index in [1.165, 1.54) is 43.4 Å². The van der Waals surface area contributed by atoms with E-state index in [2.05, 4.69) is 19.1 Å². The van der Waals surface area contributed by atoms with Crippen molar-refractivity contribution in [3.05, 3.63) is 21.9 Å². The van der Waals surface area contributed by atoms with Crippen LogP contribution in [-0.2, 0) is 12.8 Å². The second kappa shape index (κ2) is 5.13. The molecule has 1 aliphatic carbocycles. The van der Waals surface area contributed by atoms with E-state index in [0.717, 1.165) is 5.92 Å². The molecule has 1 saturated carbocycles. The van der Waals surface area contributed by atoms with Gasteiger partial charge in [-0.25, -0.2) is 0 Å². The molecule has 1 aromatic heterocycles. The quantitative estimate of drug-likeness (QED) is 0.835. The molecule has 1 aromatic rings. The highest BCUT2D eigenvalue weighted by atomic mass is 32.1. The van der Waals surface area contributed by atoms with Crippen LogP contribution in [-0.4, -0.2) is 6.04 Å². The Balaban J connectivity index is 1.90. The molecule has 0 amide bonds. The molecule has 1 aliphatic rings. The van der Waals surface area contributed by atoms with Crippen molar-refractivity contribution < 1.29 is 0 Å². The standard InChI is InChI=1S/C13H21NS/c1-2-12-6-7-13(15-12)9-10-4-3-5-11(14)8-10/h6-7,10-11H,2-5,8-9,14H2,1H3. The number of hydrogen-bond acceptors (Lipinski definition) is 2. The van der Waals surface area contributed by atoms with Gasteiger partial charge in [-0.05, 0) is 50.2 Å². The third-order valence-electron chi connectivity index (χ3n) is 3.38. The summed E-state index contributed by atoms with van der Waals surface area (Å²) in [6, 6.07) is 5.06. The van der Waals surface area contributed by atoms with Crippen LogP contribution in [0.3, 0.4) is 0 Å². The van der Waals surface area contributed by atoms with Crippen LogP contribution in [0.1, 0.15) is 42.4 Å². The zero-order valence-corrected chi connectivity index (χ0v) is 10.4. The first-order valence-electron chi connectivity index (χ1n) is 6.11. The lowest BCUT2D eigenvalue weighted by Gasteiger charge is -2.26. The summed E-state index contributed by atoms with van der Waals surface area (Å²) in [5.41, 5.74) is 6.01. The third kappa shape index (κ3) is 3.05. The molecular formula is C13H21NS. The van der Waals surface area contributed by atoms with Gasteiger partial charge in [0.2, 0.25) is 0 Å². The van der Waals surface area contributed by atoms with Crippen LogP contribution >= 0.6 is 11.3 Å². The molecule has 2 atom stereocenters. The topological polar surface area (TPSA) is 26.0 Å². The van der Waals surface area contributed by atoms with Crippen molar-refractivity contribution >= 4 is 11.3 Å². The van der Waals surface area contributed by atoms with Gasteiger partial charge in [0.1, 0.15) is 0 Å². The predicted octanol–water partition coefficient (Wildman–Crippen LogP) is 3.37. The van der Waals surface area contributed by atoms with E-state index in [-0.39, 0.29) is 0 Å². The maximum atomic E-state index is 6.01. The van der Waals surface area contributed by atoms with Crippen LogP contribution in [0.15, 0.2) is 12.1 Å². The minimum atomic E-state index is 0.467. The van der Waals surface area contributed by atoms with Gasteiger partial charge in [-0.2, -0.15) is 0 Å². The molecule has 0 spiro atoms. The van der Waals surface area contributed by atoms with Crippen LogP contribution in [0.4, 0.5) is 0 Å². The van der Waals surface area contributed by atoms with Gasteiger partial charge in [0.05, 0.1) is 0 Å². The highest BCUT2D eigenvalue weighted by Gasteiger charge is 2.19. The van der Waals surface area contributed by atoms with Gasteiger partial charge in [-0.1, -0.05) is 13.3 Å². The van der Waals surface area contributed by atoms with Crippen LogP contribution in [0.25, 0.3) is 0 Å². The molecule has 1 nitrogen and oxygen atoms in total. The van der Waals surface area contributed by atoms with Gasteiger partial charge in [0, 0.05) is 15.8 Å². The van der Waals surface area contributed by atoms with Crippen LogP contribution in [0, 0.1) is 5.92 Å². The van der Waals surface area contributed by atoms with Gasteiger partial charge in [-0.15, -0.1) is 11.3 Å². The summed E-state index contributed by atoms with van der Waals surface area (Å²) >= 11 is 1.99. The number of nitrogens with two attached hydrogens (primary N) is 1. The van der Waals surface area contributed by atoms with E-state index in [4.69, 9.17) is 5.73 Å². The maximum Gasteiger partial charge on any atom is 0.00509 e. The zero-order chi connectivity index (χ0) is 10.7. The Hall–Kier alpha value is -0.340. The number of rotatable bonds is 3. The van der Waals surface area contributed by atoms with Gasteiger partial charge >= 0.3 is 0 Å². The summed E-state index contributed by atoms with van der Waals surface area (Å²) in [6.07, 6.45) is 7.62. The Morgan fingerprint density at radius 3 is 2.80 bits per heavy atom. The largest absolute Gasteiger partial charge is 0.328 e. The molecule has 0 aliphatic heterocycles. The van der Waals surface area contributed by atoms with Crippen molar-refractivity contribution in [3.63, 3.8) is 0 Å². The molecule has 0 saturated heterocycles. The average molecular weight is 223 g/mol. The SMILES string of the molecule is CCc1ccc(CC2CCCC(N)C2)s1. The second-order valence-corrected chi connectivity index (χ2v) is 5.97. The molecule has 2 rings (SSSR count). The van der Waals surface area contributed by atoms with E-state index in [1.807, 2.05) is 11.3 Å². The molecule has 84 valence electrons. The lowest BCUT2D eigenvalue weighted by atomic mass is 9.84. The van der Waals surface area contributed by atoms with Gasteiger partial charge in [-0.3, -0.25) is 0 Å². The summed E-state index contributed by atoms with van der Waals surface area (Å²) < 4.78 is 0. The van der Waals surface area contributed by atoms with Crippen molar-refractivity contribution in [1.29, 1.82) is 0 Å². The Bertz CT molecular complexity index is 305. The lowest BCUT2D eigenvalue weighted by molar-refractivity contribution is 0.322. The van der Waals surface area contributed by atoms with Gasteiger partial charge in [0.25, 0.3) is 0 Å². The van der Waals surface area contributed by atoms with Crippen LogP contribution in [0.5, 0.6) is 0 Å². The zero-order valence-electron chi connectivity index (χ0n) is 9.54. The van der Waals surface area contributed by atoms with Gasteiger partial charge < -0.3 is 5.73 Å². The first-order chi connectivity index (χ1) is 7.28. The summed E-state index contributed by atoms with van der Waals surface area (Å²) in [4.78, 5) is 3.08. The van der Waals surface area contributed by atoms with Gasteiger partial charge in [0.15, 0.2) is 0 Å². The van der Waals surface area contributed by atoms with Crippen molar-refractivity contribution in [2.45, 2.75) is 51.5 Å². The first-order valence-corrected chi connectivity index (χ1v) is 6.92. The Morgan fingerprint density at radius 1 is 1.33 bits per heavy atom. The molecule has 2 unspecified atom stereocenters. The minimum Gasteiger partial charge on any atom is -0.328 e. The number of hydrogen-bond donors (Lipinski definition) is 1. The Kier molecular flexibility index (Phi) is 3.81. The molecule has 2 heteroatoms. The third-order valence-corrected chi connectivity index (χ3v) is 4.63. The molecule has 1 heterocycles. The fraction of sp³-hybridized carbons (Fsp3) is 0.692. The predicted molar refractivity (Wildman–Crippen MR) is 67.3 cm³/mol. The molecule has 15 heavy (non-hydrogen) atoms. The van der Waals surface area contributed by atoms with Crippen molar-refractivity contribution in [1.82, 2.24) is 0 Å². The fourth-order valence-electron chi connectivity index (χ4n) is 2.52. The fourth-order valence-corrected chi connectivity index (χ4v) is 3.60. The highest BCUT2D eigenvalue weighted by molar-refractivity contribution is 7.11. The van der Waals surface area contributed by atoms with Crippen LogP contribution < -0.4 is 5.73 Å². The van der Waals surface area contributed by atoms with Crippen molar-refractivity contribution in [3.8, 4) is 0 Å². The van der Waals surface area contributed by atoms with E-state index < -0.39 is 0 Å². The molecule has 0 aromatic carbocycles. The first kappa shape index (κ1) is 11.2. The monoisotopic (exact) mass is 223 g/mol. The summed E-state index contributed by atoms with van der Waals surface area (Å²) in [7, 11) is 0. The maximum absolute atomic E-state index is 6.01. The smallest absolute Gasteiger partial charge is 0.00509 e. The molecule has 1 fully saturated rings. The summed E-state index contributed by atoms with van der Waals surface area (Å²) in [6.45, 7) is 2.23. The number of thiophene rings is 1. The van der Waals surface area contributed by atoms with E-state index in [1.54, 1.807) is 4.88 Å². The number of aryl methyl sites for hydroxylation is 1. The van der Waals surface area contributed by atoms with Crippen LogP contribution in [0.2, 0.25) is 0 Å². The Labute approximate surface area is 96.7 Å². The minimum absolute atomic E-state index is 0.467.